The molecule has 0 aliphatic carbocycles. The van der Waals surface area contributed by atoms with Gasteiger partial charge in [0.05, 0.1) is 6.61 Å². The van der Waals surface area contributed by atoms with Gasteiger partial charge >= 0.3 is 7.12 Å². The van der Waals surface area contributed by atoms with E-state index in [0.717, 1.165) is 17.4 Å². The van der Waals surface area contributed by atoms with Crippen molar-refractivity contribution < 1.29 is 19.2 Å². The lowest BCUT2D eigenvalue weighted by atomic mass is 9.80. The van der Waals surface area contributed by atoms with Gasteiger partial charge in [-0.25, -0.2) is 0 Å². The average Bonchev–Trinajstić information content (AvgIpc) is 2.94. The third-order valence-corrected chi connectivity index (χ3v) is 3.66. The SMILES string of the molecule is CCCNC(=O)c1ccc(Oc2ccc3c(c2)COB3O)cc1. The fraction of sp³-hybridized carbons (Fsp3) is 0.235. The van der Waals surface area contributed by atoms with E-state index in [4.69, 9.17) is 9.39 Å². The smallest absolute Gasteiger partial charge is 0.457 e. The van der Waals surface area contributed by atoms with Crippen LogP contribution in [-0.2, 0) is 11.3 Å². The normalized spacial score (nSPS) is 12.9. The second-order valence-electron chi connectivity index (χ2n) is 5.41. The maximum absolute atomic E-state index is 11.8. The predicted molar refractivity (Wildman–Crippen MR) is 88.0 cm³/mol. The Hall–Kier alpha value is -2.31. The minimum Gasteiger partial charge on any atom is -0.457 e. The number of carbonyl (C=O) groups excluding carboxylic acids is 1. The minimum absolute atomic E-state index is 0.0814. The van der Waals surface area contributed by atoms with Gasteiger partial charge in [-0.3, -0.25) is 4.79 Å². The molecule has 1 heterocycles. The van der Waals surface area contributed by atoms with Gasteiger partial charge < -0.3 is 19.7 Å². The average molecular weight is 311 g/mol. The van der Waals surface area contributed by atoms with Gasteiger partial charge in [-0.05, 0) is 53.8 Å². The second-order valence-corrected chi connectivity index (χ2v) is 5.41. The Bertz CT molecular complexity index is 702. The van der Waals surface area contributed by atoms with Gasteiger partial charge in [-0.1, -0.05) is 13.0 Å². The van der Waals surface area contributed by atoms with Crippen molar-refractivity contribution in [2.24, 2.45) is 0 Å². The summed E-state index contributed by atoms with van der Waals surface area (Å²) in [5, 5.41) is 12.4. The molecule has 2 aromatic rings. The van der Waals surface area contributed by atoms with Gasteiger partial charge in [0, 0.05) is 12.1 Å². The fourth-order valence-corrected chi connectivity index (χ4v) is 2.42. The summed E-state index contributed by atoms with van der Waals surface area (Å²) in [5.41, 5.74) is 2.31. The molecule has 2 aromatic carbocycles. The van der Waals surface area contributed by atoms with Crippen molar-refractivity contribution in [3.8, 4) is 11.5 Å². The number of hydrogen-bond donors (Lipinski definition) is 2. The largest absolute Gasteiger partial charge is 0.491 e. The minimum atomic E-state index is -0.847. The molecule has 2 N–H and O–H groups in total. The van der Waals surface area contributed by atoms with Gasteiger partial charge in [0.15, 0.2) is 0 Å². The Labute approximate surface area is 135 Å². The first-order valence-corrected chi connectivity index (χ1v) is 7.66. The van der Waals surface area contributed by atoms with Crippen LogP contribution in [0.2, 0.25) is 0 Å². The predicted octanol–water partition coefficient (Wildman–Crippen LogP) is 1.84. The van der Waals surface area contributed by atoms with Crippen LogP contribution in [0, 0.1) is 0 Å². The molecule has 23 heavy (non-hydrogen) atoms. The van der Waals surface area contributed by atoms with Crippen molar-refractivity contribution >= 4 is 18.5 Å². The van der Waals surface area contributed by atoms with Crippen LogP contribution in [0.4, 0.5) is 0 Å². The molecule has 1 aliphatic heterocycles. The maximum Gasteiger partial charge on any atom is 0.491 e. The summed E-state index contributed by atoms with van der Waals surface area (Å²) in [5.74, 6) is 1.24. The van der Waals surface area contributed by atoms with Crippen LogP contribution >= 0.6 is 0 Å². The molecule has 1 aliphatic rings. The fourth-order valence-electron chi connectivity index (χ4n) is 2.42. The monoisotopic (exact) mass is 311 g/mol. The third-order valence-electron chi connectivity index (χ3n) is 3.66. The van der Waals surface area contributed by atoms with E-state index >= 15 is 0 Å². The molecule has 0 spiro atoms. The Morgan fingerprint density at radius 3 is 2.74 bits per heavy atom. The van der Waals surface area contributed by atoms with E-state index in [9.17, 15) is 9.82 Å². The lowest BCUT2D eigenvalue weighted by Crippen LogP contribution is -2.27. The maximum atomic E-state index is 11.8. The number of amides is 1. The highest BCUT2D eigenvalue weighted by atomic mass is 16.5. The van der Waals surface area contributed by atoms with Crippen LogP contribution in [0.3, 0.4) is 0 Å². The summed E-state index contributed by atoms with van der Waals surface area (Å²) in [7, 11) is -0.847. The first-order valence-electron chi connectivity index (χ1n) is 7.66. The topological polar surface area (TPSA) is 67.8 Å². The molecule has 0 saturated heterocycles. The molecule has 1 amide bonds. The molecule has 0 radical (unpaired) electrons. The van der Waals surface area contributed by atoms with Crippen LogP contribution in [0.25, 0.3) is 0 Å². The van der Waals surface area contributed by atoms with Crippen molar-refractivity contribution in [3.05, 3.63) is 53.6 Å². The van der Waals surface area contributed by atoms with E-state index in [1.54, 1.807) is 36.4 Å². The number of nitrogens with one attached hydrogen (secondary N) is 1. The first kappa shape index (κ1) is 15.6. The Balaban J connectivity index is 1.68. The molecule has 5 nitrogen and oxygen atoms in total. The lowest BCUT2D eigenvalue weighted by Gasteiger charge is -2.08. The van der Waals surface area contributed by atoms with Crippen molar-refractivity contribution in [1.82, 2.24) is 5.32 Å². The number of carbonyl (C=O) groups is 1. The molecular formula is C17H18BNO4. The summed E-state index contributed by atoms with van der Waals surface area (Å²) in [4.78, 5) is 11.8. The molecule has 0 saturated carbocycles. The quantitative estimate of drug-likeness (QED) is 0.827. The van der Waals surface area contributed by atoms with Crippen LogP contribution in [-0.4, -0.2) is 24.6 Å². The van der Waals surface area contributed by atoms with E-state index in [1.165, 1.54) is 0 Å². The molecule has 0 fully saturated rings. The van der Waals surface area contributed by atoms with E-state index in [2.05, 4.69) is 5.32 Å². The van der Waals surface area contributed by atoms with Crippen LogP contribution in [0.15, 0.2) is 42.5 Å². The van der Waals surface area contributed by atoms with Crippen LogP contribution in [0.5, 0.6) is 11.5 Å². The molecule has 0 unspecified atom stereocenters. The standard InChI is InChI=1S/C17H18BNO4/c1-2-9-19-17(20)12-3-5-14(6-4-12)23-15-7-8-16-13(10-15)11-22-18(16)21/h3-8,10,21H,2,9,11H2,1H3,(H,19,20). The van der Waals surface area contributed by atoms with Gasteiger partial charge in [0.2, 0.25) is 0 Å². The molecule has 3 rings (SSSR count). The van der Waals surface area contributed by atoms with Crippen LogP contribution in [0.1, 0.15) is 29.3 Å². The zero-order valence-corrected chi connectivity index (χ0v) is 12.9. The van der Waals surface area contributed by atoms with E-state index in [-0.39, 0.29) is 5.91 Å². The van der Waals surface area contributed by atoms with Crippen molar-refractivity contribution in [1.29, 1.82) is 0 Å². The highest BCUT2D eigenvalue weighted by molar-refractivity contribution is 6.61. The van der Waals surface area contributed by atoms with Crippen molar-refractivity contribution in [3.63, 3.8) is 0 Å². The molecule has 0 bridgehead atoms. The summed E-state index contributed by atoms with van der Waals surface area (Å²) in [6.07, 6.45) is 0.906. The summed E-state index contributed by atoms with van der Waals surface area (Å²) in [6.45, 7) is 3.06. The lowest BCUT2D eigenvalue weighted by molar-refractivity contribution is 0.0953. The number of benzene rings is 2. The molecule has 0 atom stereocenters. The summed E-state index contributed by atoms with van der Waals surface area (Å²) >= 11 is 0. The Kier molecular flexibility index (Phi) is 4.64. The Morgan fingerprint density at radius 1 is 1.26 bits per heavy atom. The van der Waals surface area contributed by atoms with Crippen LogP contribution < -0.4 is 15.5 Å². The van der Waals surface area contributed by atoms with Crippen molar-refractivity contribution in [2.45, 2.75) is 20.0 Å². The van der Waals surface area contributed by atoms with E-state index in [0.29, 0.717) is 30.2 Å². The highest BCUT2D eigenvalue weighted by Crippen LogP contribution is 2.24. The zero-order valence-electron chi connectivity index (χ0n) is 12.9. The van der Waals surface area contributed by atoms with E-state index < -0.39 is 7.12 Å². The zero-order chi connectivity index (χ0) is 16.2. The van der Waals surface area contributed by atoms with Gasteiger partial charge in [-0.15, -0.1) is 0 Å². The van der Waals surface area contributed by atoms with Crippen molar-refractivity contribution in [2.75, 3.05) is 6.54 Å². The number of hydrogen-bond acceptors (Lipinski definition) is 4. The summed E-state index contributed by atoms with van der Waals surface area (Å²) in [6, 6.07) is 12.4. The highest BCUT2D eigenvalue weighted by Gasteiger charge is 2.27. The van der Waals surface area contributed by atoms with Gasteiger partial charge in [0.1, 0.15) is 11.5 Å². The first-order chi connectivity index (χ1) is 11.2. The Morgan fingerprint density at radius 2 is 2.00 bits per heavy atom. The molecule has 118 valence electrons. The number of ether oxygens (including phenoxy) is 1. The van der Waals surface area contributed by atoms with Gasteiger partial charge in [0.25, 0.3) is 5.91 Å². The molecule has 0 aromatic heterocycles. The summed E-state index contributed by atoms with van der Waals surface area (Å²) < 4.78 is 10.9. The van der Waals surface area contributed by atoms with Gasteiger partial charge in [-0.2, -0.15) is 0 Å². The third kappa shape index (κ3) is 3.55. The van der Waals surface area contributed by atoms with E-state index in [1.807, 2.05) is 13.0 Å². The number of rotatable bonds is 5. The molecule has 6 heteroatoms. The molecular weight excluding hydrogens is 293 g/mol. The second kappa shape index (κ2) is 6.85. The number of fused-ring (bicyclic) bond motifs is 1.